The summed E-state index contributed by atoms with van der Waals surface area (Å²) in [7, 11) is 0. The van der Waals surface area contributed by atoms with Crippen molar-refractivity contribution in [2.45, 2.75) is 70.8 Å². The van der Waals surface area contributed by atoms with Crippen LogP contribution in [0.4, 0.5) is 38.2 Å². The molecule has 1 N–H and O–H groups in total. The maximum atomic E-state index is 13.2. The lowest BCUT2D eigenvalue weighted by Gasteiger charge is -2.25. The van der Waals surface area contributed by atoms with Crippen molar-refractivity contribution in [3.8, 4) is 17.5 Å². The Labute approximate surface area is 221 Å². The number of unbranched alkanes of at least 4 members (excludes halogenated alkanes) is 4. The highest BCUT2D eigenvalue weighted by Gasteiger charge is 2.59. The van der Waals surface area contributed by atoms with Gasteiger partial charge in [-0.25, -0.2) is 5.43 Å². The highest BCUT2D eigenvalue weighted by molar-refractivity contribution is 5.81. The predicted molar refractivity (Wildman–Crippen MR) is 131 cm³/mol. The van der Waals surface area contributed by atoms with Crippen molar-refractivity contribution in [1.82, 2.24) is 15.0 Å². The molecule has 1 aromatic heterocycles. The Morgan fingerprint density at radius 1 is 0.949 bits per heavy atom. The molecule has 2 aromatic rings. The van der Waals surface area contributed by atoms with Crippen LogP contribution in [0.2, 0.25) is 0 Å². The molecule has 0 bridgehead atoms. The third kappa shape index (κ3) is 9.03. The normalized spacial score (nSPS) is 13.4. The lowest BCUT2D eigenvalue weighted by Crippen LogP contribution is -2.47. The van der Waals surface area contributed by atoms with Gasteiger partial charge >= 0.3 is 18.4 Å². The van der Waals surface area contributed by atoms with Gasteiger partial charge in [0, 0.05) is 13.1 Å². The zero-order valence-corrected chi connectivity index (χ0v) is 21.5. The van der Waals surface area contributed by atoms with E-state index in [9.17, 15) is 26.3 Å². The smallest absolute Gasteiger partial charge is 0.434 e. The molecule has 0 saturated heterocycles. The first kappa shape index (κ1) is 30.0. The molecule has 1 aromatic carbocycles. The van der Waals surface area contributed by atoms with Crippen molar-refractivity contribution >= 4 is 18.1 Å². The molecule has 1 aliphatic heterocycles. The van der Waals surface area contributed by atoms with E-state index >= 15 is 0 Å². The van der Waals surface area contributed by atoms with Crippen LogP contribution in [-0.2, 0) is 0 Å². The van der Waals surface area contributed by atoms with Crippen LogP contribution in [0.3, 0.4) is 0 Å². The van der Waals surface area contributed by atoms with E-state index in [1.54, 1.807) is 23.1 Å². The zero-order valence-electron chi connectivity index (χ0n) is 21.5. The van der Waals surface area contributed by atoms with E-state index in [0.29, 0.717) is 30.2 Å². The number of hydrazone groups is 1. The van der Waals surface area contributed by atoms with Crippen LogP contribution >= 0.6 is 0 Å². The molecule has 39 heavy (non-hydrogen) atoms. The molecule has 2 heterocycles. The maximum absolute atomic E-state index is 13.2. The number of halogens is 6. The first-order valence-corrected chi connectivity index (χ1v) is 12.5. The Balaban J connectivity index is 1.90. The zero-order chi connectivity index (χ0) is 28.5. The van der Waals surface area contributed by atoms with Gasteiger partial charge in [-0.15, -0.1) is 0 Å². The van der Waals surface area contributed by atoms with Crippen LogP contribution in [0, 0.1) is 0 Å². The van der Waals surface area contributed by atoms with Crippen LogP contribution in [0.1, 0.15) is 57.9 Å². The number of anilines is 2. The number of hydrogen-bond acceptors (Lipinski definition) is 9. The summed E-state index contributed by atoms with van der Waals surface area (Å²) in [5, 5.41) is 3.96. The van der Waals surface area contributed by atoms with E-state index in [4.69, 9.17) is 9.47 Å². The molecule has 216 valence electrons. The first-order chi connectivity index (χ1) is 18.5. The fourth-order valence-corrected chi connectivity index (χ4v) is 3.59. The number of rotatable bonds is 14. The number of fused-ring (bicyclic) bond motifs is 1. The third-order valence-corrected chi connectivity index (χ3v) is 5.54. The second-order valence-corrected chi connectivity index (χ2v) is 8.71. The Morgan fingerprint density at radius 3 is 2.21 bits per heavy atom. The Hall–Kier alpha value is -3.52. The molecule has 0 saturated carbocycles. The van der Waals surface area contributed by atoms with Gasteiger partial charge in [-0.3, -0.25) is 0 Å². The van der Waals surface area contributed by atoms with Gasteiger partial charge in [-0.1, -0.05) is 39.5 Å². The number of alkyl halides is 6. The maximum Gasteiger partial charge on any atom is 0.434 e. The van der Waals surface area contributed by atoms with Crippen molar-refractivity contribution < 1.29 is 40.6 Å². The number of nitrogens with one attached hydrogen (secondary N) is 1. The molecule has 3 rings (SSSR count). The van der Waals surface area contributed by atoms with Gasteiger partial charge in [0.25, 0.3) is 12.1 Å². The molecule has 15 heteroatoms. The Bertz CT molecular complexity index is 1080. The van der Waals surface area contributed by atoms with Crippen LogP contribution in [-0.4, -0.2) is 59.5 Å². The Morgan fingerprint density at radius 2 is 1.59 bits per heavy atom. The summed E-state index contributed by atoms with van der Waals surface area (Å²) in [5.74, 6) is 0.554. The molecular formula is C24H30F6N6O3. The van der Waals surface area contributed by atoms with Gasteiger partial charge in [0.2, 0.25) is 12.7 Å². The summed E-state index contributed by atoms with van der Waals surface area (Å²) in [6.45, 7) is 4.98. The van der Waals surface area contributed by atoms with Gasteiger partial charge in [-0.2, -0.15) is 46.4 Å². The minimum atomic E-state index is -5.74. The highest BCUT2D eigenvalue weighted by atomic mass is 19.4. The van der Waals surface area contributed by atoms with Crippen molar-refractivity contribution in [2.24, 2.45) is 5.10 Å². The highest BCUT2D eigenvalue weighted by Crippen LogP contribution is 2.36. The van der Waals surface area contributed by atoms with E-state index in [2.05, 4.69) is 30.2 Å². The van der Waals surface area contributed by atoms with E-state index in [-0.39, 0.29) is 18.7 Å². The van der Waals surface area contributed by atoms with Crippen LogP contribution < -0.4 is 24.5 Å². The standard InChI is InChI=1S/C24H30F6N6O3/c1-3-5-7-11-36(12-8-6-4-2)21-32-20(33-22(34-21)39-19(23(25,26)27)24(28,29)30)35-31-14-16-9-10-17-18(13-16)38-15-37-17/h9-10,13-14,19H,3-8,11-12,15H2,1-2H3,(H,32,33,34,35)/b31-14+. The van der Waals surface area contributed by atoms with E-state index in [1.165, 1.54) is 6.21 Å². The molecule has 0 fully saturated rings. The van der Waals surface area contributed by atoms with E-state index < -0.39 is 24.5 Å². The number of ether oxygens (including phenoxy) is 3. The topological polar surface area (TPSA) is 94.0 Å². The minimum Gasteiger partial charge on any atom is -0.454 e. The van der Waals surface area contributed by atoms with Gasteiger partial charge in [-0.05, 0) is 36.6 Å². The summed E-state index contributed by atoms with van der Waals surface area (Å²) >= 11 is 0. The van der Waals surface area contributed by atoms with Gasteiger partial charge in [0.1, 0.15) is 0 Å². The lowest BCUT2D eigenvalue weighted by atomic mass is 10.2. The summed E-state index contributed by atoms with van der Waals surface area (Å²) in [6, 6.07) is 3.85. The number of benzene rings is 1. The average Bonchev–Trinajstić information content (AvgIpc) is 3.33. The second-order valence-electron chi connectivity index (χ2n) is 8.71. The molecule has 0 radical (unpaired) electrons. The van der Waals surface area contributed by atoms with Crippen LogP contribution in [0.15, 0.2) is 23.3 Å². The second kappa shape index (κ2) is 13.5. The molecule has 0 spiro atoms. The fourth-order valence-electron chi connectivity index (χ4n) is 3.59. The fraction of sp³-hybridized carbons (Fsp3) is 0.583. The average molecular weight is 565 g/mol. The van der Waals surface area contributed by atoms with Crippen LogP contribution in [0.5, 0.6) is 17.5 Å². The van der Waals surface area contributed by atoms with Gasteiger partial charge in [0.05, 0.1) is 6.21 Å². The molecule has 1 aliphatic rings. The lowest BCUT2D eigenvalue weighted by molar-refractivity contribution is -0.301. The third-order valence-electron chi connectivity index (χ3n) is 5.54. The van der Waals surface area contributed by atoms with Crippen molar-refractivity contribution in [3.63, 3.8) is 0 Å². The summed E-state index contributed by atoms with van der Waals surface area (Å²) in [5.41, 5.74) is 3.02. The summed E-state index contributed by atoms with van der Waals surface area (Å²) < 4.78 is 93.8. The van der Waals surface area contributed by atoms with Gasteiger partial charge in [0.15, 0.2) is 11.5 Å². The van der Waals surface area contributed by atoms with E-state index in [1.807, 2.05) is 13.8 Å². The molecule has 9 nitrogen and oxygen atoms in total. The molecule has 0 atom stereocenters. The number of aromatic nitrogens is 3. The quantitative estimate of drug-likeness (QED) is 0.127. The number of hydrogen-bond donors (Lipinski definition) is 1. The minimum absolute atomic E-state index is 0.0778. The van der Waals surface area contributed by atoms with E-state index in [0.717, 1.165) is 38.5 Å². The van der Waals surface area contributed by atoms with Crippen molar-refractivity contribution in [3.05, 3.63) is 23.8 Å². The monoisotopic (exact) mass is 564 g/mol. The Kier molecular flexibility index (Phi) is 10.4. The molecular weight excluding hydrogens is 534 g/mol. The first-order valence-electron chi connectivity index (χ1n) is 12.5. The molecule has 0 aliphatic carbocycles. The predicted octanol–water partition coefficient (Wildman–Crippen LogP) is 6.11. The molecule has 0 unspecified atom stereocenters. The SMILES string of the molecule is CCCCCN(CCCCC)c1nc(N/N=C/c2ccc3c(c2)OCO3)nc(OC(C(F)(F)F)C(F)(F)F)n1. The van der Waals surface area contributed by atoms with Crippen molar-refractivity contribution in [1.29, 1.82) is 0 Å². The summed E-state index contributed by atoms with van der Waals surface area (Å²) in [6.07, 6.45) is -9.23. The largest absolute Gasteiger partial charge is 0.454 e. The number of nitrogens with zero attached hydrogens (tertiary/aromatic N) is 5. The van der Waals surface area contributed by atoms with Gasteiger partial charge < -0.3 is 19.1 Å². The van der Waals surface area contributed by atoms with Crippen LogP contribution in [0.25, 0.3) is 0 Å². The molecule has 0 amide bonds. The summed E-state index contributed by atoms with van der Waals surface area (Å²) in [4.78, 5) is 13.3. The van der Waals surface area contributed by atoms with Crippen molar-refractivity contribution in [2.75, 3.05) is 30.2 Å².